The quantitative estimate of drug-likeness (QED) is 0.695. The predicted molar refractivity (Wildman–Crippen MR) is 83.0 cm³/mol. The molecule has 0 bridgehead atoms. The average molecular weight is 303 g/mol. The van der Waals surface area contributed by atoms with Crippen LogP contribution in [0.3, 0.4) is 0 Å². The number of nitrogens with zero attached hydrogens (tertiary/aromatic N) is 6. The van der Waals surface area contributed by atoms with Gasteiger partial charge in [0.1, 0.15) is 0 Å². The van der Waals surface area contributed by atoms with E-state index in [2.05, 4.69) is 33.8 Å². The van der Waals surface area contributed by atoms with Crippen LogP contribution in [0.25, 0.3) is 11.2 Å². The Morgan fingerprint density at radius 1 is 1.29 bits per heavy atom. The maximum Gasteiger partial charge on any atom is 0.226 e. The van der Waals surface area contributed by atoms with Crippen molar-refractivity contribution in [2.24, 2.45) is 0 Å². The van der Waals surface area contributed by atoms with Crippen LogP contribution in [0.5, 0.6) is 0 Å². The van der Waals surface area contributed by atoms with Gasteiger partial charge in [0, 0.05) is 19.3 Å². The van der Waals surface area contributed by atoms with Gasteiger partial charge in [-0.2, -0.15) is 9.97 Å². The Balaban J connectivity index is 2.19. The summed E-state index contributed by atoms with van der Waals surface area (Å²) >= 11 is 6.08. The molecule has 3 aromatic rings. The fourth-order valence-electron chi connectivity index (χ4n) is 2.16. The number of hydrogen-bond donors (Lipinski definition) is 0. The number of fused-ring (bicyclic) bond motifs is 1. The number of hydrogen-bond acceptors (Lipinski definition) is 5. The highest BCUT2D eigenvalue weighted by atomic mass is 35.5. The van der Waals surface area contributed by atoms with E-state index in [1.165, 1.54) is 0 Å². The van der Waals surface area contributed by atoms with Crippen LogP contribution < -0.4 is 4.90 Å². The lowest BCUT2D eigenvalue weighted by atomic mass is 10.3. The van der Waals surface area contributed by atoms with Crippen LogP contribution in [0.4, 0.5) is 11.5 Å². The minimum absolute atomic E-state index is 0.204. The lowest BCUT2D eigenvalue weighted by molar-refractivity contribution is 0.612. The van der Waals surface area contributed by atoms with Gasteiger partial charge in [-0.1, -0.05) is 0 Å². The summed E-state index contributed by atoms with van der Waals surface area (Å²) in [6.07, 6.45) is 5.26. The first-order valence-corrected chi connectivity index (χ1v) is 6.99. The van der Waals surface area contributed by atoms with Crippen molar-refractivity contribution in [3.05, 3.63) is 36.1 Å². The van der Waals surface area contributed by atoms with Crippen LogP contribution in [0.15, 0.2) is 30.9 Å². The van der Waals surface area contributed by atoms with E-state index in [1.807, 2.05) is 28.6 Å². The summed E-state index contributed by atoms with van der Waals surface area (Å²) in [5.74, 6) is 0.664. The predicted octanol–water partition coefficient (Wildman–Crippen LogP) is 3.22. The molecule has 3 heterocycles. The van der Waals surface area contributed by atoms with E-state index < -0.39 is 0 Å². The van der Waals surface area contributed by atoms with Gasteiger partial charge in [-0.3, -0.25) is 4.98 Å². The van der Waals surface area contributed by atoms with E-state index in [0.29, 0.717) is 5.82 Å². The number of rotatable bonds is 3. The highest BCUT2D eigenvalue weighted by molar-refractivity contribution is 6.28. The average Bonchev–Trinajstić information content (AvgIpc) is 2.90. The lowest BCUT2D eigenvalue weighted by Crippen LogP contribution is -2.13. The van der Waals surface area contributed by atoms with Gasteiger partial charge in [-0.25, -0.2) is 4.98 Å². The normalized spacial score (nSPS) is 11.3. The largest absolute Gasteiger partial charge is 0.326 e. The van der Waals surface area contributed by atoms with Crippen molar-refractivity contribution in [1.82, 2.24) is 24.5 Å². The number of pyridine rings is 1. The fraction of sp³-hybridized carbons (Fsp3) is 0.286. The van der Waals surface area contributed by atoms with Gasteiger partial charge in [0.05, 0.1) is 18.2 Å². The topological polar surface area (TPSA) is 59.7 Å². The molecule has 0 aromatic carbocycles. The highest BCUT2D eigenvalue weighted by Gasteiger charge is 2.17. The van der Waals surface area contributed by atoms with Gasteiger partial charge in [-0.15, -0.1) is 0 Å². The molecule has 108 valence electrons. The fourth-order valence-corrected chi connectivity index (χ4v) is 2.32. The van der Waals surface area contributed by atoms with Crippen LogP contribution in [0.2, 0.25) is 5.28 Å². The molecule has 6 nitrogen and oxygen atoms in total. The van der Waals surface area contributed by atoms with Gasteiger partial charge in [-0.05, 0) is 37.6 Å². The summed E-state index contributed by atoms with van der Waals surface area (Å²) < 4.78 is 1.98. The van der Waals surface area contributed by atoms with Crippen LogP contribution in [-0.4, -0.2) is 31.6 Å². The maximum atomic E-state index is 6.08. The summed E-state index contributed by atoms with van der Waals surface area (Å²) in [7, 11) is 1.91. The molecule has 0 amide bonds. The molecule has 3 aromatic heterocycles. The van der Waals surface area contributed by atoms with Crippen LogP contribution in [0.1, 0.15) is 19.9 Å². The first-order valence-electron chi connectivity index (χ1n) is 6.61. The zero-order chi connectivity index (χ0) is 15.0. The molecule has 21 heavy (non-hydrogen) atoms. The molecule has 0 aliphatic carbocycles. The molecule has 0 aliphatic rings. The maximum absolute atomic E-state index is 6.08. The van der Waals surface area contributed by atoms with Gasteiger partial charge in [0.15, 0.2) is 17.0 Å². The molecule has 0 N–H and O–H groups in total. The summed E-state index contributed by atoms with van der Waals surface area (Å²) in [6.45, 7) is 4.14. The Morgan fingerprint density at radius 3 is 2.76 bits per heavy atom. The third-order valence-electron chi connectivity index (χ3n) is 3.28. The smallest absolute Gasteiger partial charge is 0.226 e. The summed E-state index contributed by atoms with van der Waals surface area (Å²) in [5.41, 5.74) is 2.36. The van der Waals surface area contributed by atoms with Crippen molar-refractivity contribution in [1.29, 1.82) is 0 Å². The first-order chi connectivity index (χ1) is 10.1. The van der Waals surface area contributed by atoms with Crippen LogP contribution in [0, 0.1) is 0 Å². The summed E-state index contributed by atoms with van der Waals surface area (Å²) in [5, 5.41) is 0.204. The Bertz CT molecular complexity index is 768. The Hall–Kier alpha value is -2.21. The molecule has 0 saturated carbocycles. The van der Waals surface area contributed by atoms with Crippen molar-refractivity contribution in [3.63, 3.8) is 0 Å². The third kappa shape index (κ3) is 2.42. The van der Waals surface area contributed by atoms with E-state index in [9.17, 15) is 0 Å². The molecule has 0 unspecified atom stereocenters. The Morgan fingerprint density at radius 2 is 2.10 bits per heavy atom. The zero-order valence-electron chi connectivity index (χ0n) is 12.0. The number of anilines is 2. The minimum Gasteiger partial charge on any atom is -0.326 e. The van der Waals surface area contributed by atoms with Crippen LogP contribution >= 0.6 is 11.6 Å². The SMILES string of the molecule is CC(C)n1cnc2c(N(C)c3cccnc3)nc(Cl)nc21. The van der Waals surface area contributed by atoms with Gasteiger partial charge < -0.3 is 9.47 Å². The van der Waals surface area contributed by atoms with E-state index in [-0.39, 0.29) is 11.3 Å². The minimum atomic E-state index is 0.204. The molecule has 0 fully saturated rings. The van der Waals surface area contributed by atoms with Crippen molar-refractivity contribution in [2.75, 3.05) is 11.9 Å². The summed E-state index contributed by atoms with van der Waals surface area (Å²) in [4.78, 5) is 19.1. The molecule has 0 aliphatic heterocycles. The molecule has 7 heteroatoms. The summed E-state index contributed by atoms with van der Waals surface area (Å²) in [6, 6.07) is 4.07. The standard InChI is InChI=1S/C14H15ClN6/c1-9(2)21-8-17-11-12(18-14(15)19-13(11)21)20(3)10-5-4-6-16-7-10/h4-9H,1-3H3. The van der Waals surface area contributed by atoms with E-state index in [0.717, 1.165) is 16.9 Å². The van der Waals surface area contributed by atoms with Gasteiger partial charge in [0.2, 0.25) is 5.28 Å². The molecule has 0 spiro atoms. The van der Waals surface area contributed by atoms with E-state index >= 15 is 0 Å². The van der Waals surface area contributed by atoms with Crippen molar-refractivity contribution < 1.29 is 0 Å². The van der Waals surface area contributed by atoms with Crippen molar-refractivity contribution in [2.45, 2.75) is 19.9 Å². The lowest BCUT2D eigenvalue weighted by Gasteiger charge is -2.18. The van der Waals surface area contributed by atoms with Crippen molar-refractivity contribution >= 4 is 34.3 Å². The number of aromatic nitrogens is 5. The number of imidazole rings is 1. The zero-order valence-corrected chi connectivity index (χ0v) is 12.8. The Kier molecular flexibility index (Phi) is 3.47. The Labute approximate surface area is 127 Å². The second-order valence-corrected chi connectivity index (χ2v) is 5.34. The second-order valence-electron chi connectivity index (χ2n) is 5.00. The van der Waals surface area contributed by atoms with Crippen molar-refractivity contribution in [3.8, 4) is 0 Å². The monoisotopic (exact) mass is 302 g/mol. The molecule has 0 saturated heterocycles. The molecule has 3 rings (SSSR count). The number of halogens is 1. The molecular formula is C14H15ClN6. The second kappa shape index (κ2) is 5.29. The van der Waals surface area contributed by atoms with Gasteiger partial charge >= 0.3 is 0 Å². The van der Waals surface area contributed by atoms with E-state index in [1.54, 1.807) is 18.7 Å². The van der Waals surface area contributed by atoms with Gasteiger partial charge in [0.25, 0.3) is 0 Å². The molecular weight excluding hydrogens is 288 g/mol. The third-order valence-corrected chi connectivity index (χ3v) is 3.45. The molecule has 0 atom stereocenters. The first kappa shape index (κ1) is 13.8. The highest BCUT2D eigenvalue weighted by Crippen LogP contribution is 2.29. The van der Waals surface area contributed by atoms with Crippen LogP contribution in [-0.2, 0) is 0 Å². The van der Waals surface area contributed by atoms with E-state index in [4.69, 9.17) is 11.6 Å². The molecule has 0 radical (unpaired) electrons.